The van der Waals surface area contributed by atoms with Crippen LogP contribution in [0.25, 0.3) is 0 Å². The van der Waals surface area contributed by atoms with Gasteiger partial charge in [0.1, 0.15) is 11.6 Å². The quantitative estimate of drug-likeness (QED) is 0.394. The number of nitrogens with one attached hydrogen (secondary N) is 2. The number of fused-ring (bicyclic) bond motifs is 2. The molecule has 186 valence electrons. The van der Waals surface area contributed by atoms with Gasteiger partial charge in [0.2, 0.25) is 0 Å². The van der Waals surface area contributed by atoms with Gasteiger partial charge in [-0.25, -0.2) is 23.6 Å². The van der Waals surface area contributed by atoms with E-state index in [2.05, 4.69) is 15.5 Å². The van der Waals surface area contributed by atoms with Crippen molar-refractivity contribution in [1.29, 1.82) is 0 Å². The van der Waals surface area contributed by atoms with E-state index >= 15 is 0 Å². The molecule has 0 saturated carbocycles. The van der Waals surface area contributed by atoms with Crippen LogP contribution in [0.3, 0.4) is 0 Å². The molecule has 0 spiro atoms. The van der Waals surface area contributed by atoms with Crippen molar-refractivity contribution in [2.75, 3.05) is 11.9 Å². The van der Waals surface area contributed by atoms with Crippen molar-refractivity contribution in [3.05, 3.63) is 41.5 Å². The molecule has 13 heteroatoms. The van der Waals surface area contributed by atoms with Gasteiger partial charge in [0, 0.05) is 12.2 Å². The van der Waals surface area contributed by atoms with E-state index in [0.717, 1.165) is 5.56 Å². The molecule has 2 heterocycles. The monoisotopic (exact) mass is 486 g/mol. The summed E-state index contributed by atoms with van der Waals surface area (Å²) in [5.74, 6) is -2.35. The molecule has 0 aliphatic carbocycles. The molecule has 35 heavy (non-hydrogen) atoms. The average Bonchev–Trinajstić information content (AvgIpc) is 2.97. The predicted molar refractivity (Wildman–Crippen MR) is 124 cm³/mol. The first-order valence-corrected chi connectivity index (χ1v) is 10.5. The third kappa shape index (κ3) is 6.97. The first kappa shape index (κ1) is 28.2. The Bertz CT molecular complexity index is 1010. The van der Waals surface area contributed by atoms with Gasteiger partial charge < -0.3 is 25.4 Å². The number of hydrogen-bond acceptors (Lipinski definition) is 6. The topological polar surface area (TPSA) is 138 Å². The average molecular weight is 486 g/mol. The zero-order chi connectivity index (χ0) is 25.2. The van der Waals surface area contributed by atoms with E-state index in [0.29, 0.717) is 16.3 Å². The van der Waals surface area contributed by atoms with Gasteiger partial charge in [0.15, 0.2) is 0 Å². The second-order valence-electron chi connectivity index (χ2n) is 8.94. The number of benzene rings is 1. The molecule has 4 amide bonds. The van der Waals surface area contributed by atoms with E-state index < -0.39 is 48.0 Å². The van der Waals surface area contributed by atoms with Crippen molar-refractivity contribution in [2.45, 2.75) is 58.3 Å². The van der Waals surface area contributed by atoms with Crippen molar-refractivity contribution >= 4 is 48.5 Å². The number of alkyl carbamates (subject to hydrolysis) is 1. The first-order chi connectivity index (χ1) is 15.9. The molecular weight excluding hydrogens is 458 g/mol. The number of rotatable bonds is 7. The fraction of sp³-hybridized carbons (Fsp3) is 0.455. The van der Waals surface area contributed by atoms with Crippen LogP contribution in [0.5, 0.6) is 0 Å². The summed E-state index contributed by atoms with van der Waals surface area (Å²) in [6, 6.07) is 4.27. The molecule has 1 aromatic carbocycles. The third-order valence-corrected chi connectivity index (χ3v) is 5.02. The van der Waals surface area contributed by atoms with E-state index in [-0.39, 0.29) is 32.0 Å². The Balaban J connectivity index is 0.00000432. The molecule has 1 saturated heterocycles. The van der Waals surface area contributed by atoms with Gasteiger partial charge in [0.25, 0.3) is 5.91 Å². The van der Waals surface area contributed by atoms with Gasteiger partial charge in [-0.3, -0.25) is 4.79 Å². The Morgan fingerprint density at radius 3 is 2.43 bits per heavy atom. The van der Waals surface area contributed by atoms with Crippen molar-refractivity contribution in [3.8, 4) is 0 Å². The van der Waals surface area contributed by atoms with Crippen molar-refractivity contribution in [3.63, 3.8) is 0 Å². The van der Waals surface area contributed by atoms with Gasteiger partial charge in [-0.1, -0.05) is 18.2 Å². The number of nitrogens with zero attached hydrogens (tertiary/aromatic N) is 2. The van der Waals surface area contributed by atoms with E-state index in [1.54, 1.807) is 58.0 Å². The number of aliphatic carboxylic acids is 1. The Kier molecular flexibility index (Phi) is 8.94. The molecule has 3 N–H and O–H groups in total. The molecule has 3 atom stereocenters. The number of carbonyl (C=O) groups is 4. The molecule has 1 fully saturated rings. The molecule has 0 aromatic heterocycles. The Morgan fingerprint density at radius 1 is 1.23 bits per heavy atom. The Labute approximate surface area is 213 Å². The normalized spacial score (nSPS) is 19.9. The minimum absolute atomic E-state index is 0. The zero-order valence-electron chi connectivity index (χ0n) is 19.2. The maximum atomic E-state index is 13.5. The van der Waals surface area contributed by atoms with Crippen LogP contribution < -0.4 is 10.6 Å². The number of halogens is 1. The molecule has 2 aliphatic rings. The summed E-state index contributed by atoms with van der Waals surface area (Å²) >= 11 is 0. The number of carbonyl (C=O) groups excluding carboxylic acids is 3. The van der Waals surface area contributed by atoms with E-state index in [1.165, 1.54) is 4.90 Å². The van der Waals surface area contributed by atoms with Crippen LogP contribution in [0.4, 0.5) is 19.7 Å². The molecule has 2 bridgehead atoms. The SMILES string of the molecule is CC1=C[C@@H]2CN(C(=O)N2O[C@H](F)C(=O)O)[C@@H]1C(=O)Nc1ccc(CNC(=O)OC(C)(C)C)cc1.[LiH]. The number of carboxylic acid groups (broad SMARTS) is 1. The summed E-state index contributed by atoms with van der Waals surface area (Å²) in [5, 5.41) is 14.7. The number of ether oxygens (including phenoxy) is 1. The second-order valence-corrected chi connectivity index (χ2v) is 8.94. The van der Waals surface area contributed by atoms with Crippen LogP contribution in [0.15, 0.2) is 35.9 Å². The van der Waals surface area contributed by atoms with E-state index in [9.17, 15) is 23.6 Å². The van der Waals surface area contributed by atoms with Crippen LogP contribution in [0.2, 0.25) is 0 Å². The third-order valence-electron chi connectivity index (χ3n) is 5.02. The summed E-state index contributed by atoms with van der Waals surface area (Å²) in [4.78, 5) is 53.9. The maximum absolute atomic E-state index is 13.5. The van der Waals surface area contributed by atoms with Gasteiger partial charge in [-0.15, -0.1) is 0 Å². The molecule has 1 aromatic rings. The van der Waals surface area contributed by atoms with Gasteiger partial charge in [-0.05, 0) is 51.0 Å². The summed E-state index contributed by atoms with van der Waals surface area (Å²) < 4.78 is 18.7. The van der Waals surface area contributed by atoms with Gasteiger partial charge >= 0.3 is 43.3 Å². The van der Waals surface area contributed by atoms with Crippen molar-refractivity contribution < 1.29 is 38.2 Å². The van der Waals surface area contributed by atoms with Crippen LogP contribution in [0, 0.1) is 0 Å². The van der Waals surface area contributed by atoms with Crippen LogP contribution in [0.1, 0.15) is 33.3 Å². The van der Waals surface area contributed by atoms with Crippen LogP contribution in [-0.2, 0) is 25.7 Å². The van der Waals surface area contributed by atoms with Crippen molar-refractivity contribution in [2.24, 2.45) is 0 Å². The van der Waals surface area contributed by atoms with E-state index in [4.69, 9.17) is 9.84 Å². The molecule has 0 unspecified atom stereocenters. The molecule has 11 nitrogen and oxygen atoms in total. The number of carboxylic acids is 1. The fourth-order valence-corrected chi connectivity index (χ4v) is 3.62. The van der Waals surface area contributed by atoms with Crippen molar-refractivity contribution in [1.82, 2.24) is 15.3 Å². The van der Waals surface area contributed by atoms with Crippen LogP contribution in [-0.4, -0.2) is 88.5 Å². The summed E-state index contributed by atoms with van der Waals surface area (Å²) in [6.07, 6.45) is -1.67. The Morgan fingerprint density at radius 2 is 1.86 bits per heavy atom. The number of hydrogen-bond donors (Lipinski definition) is 3. The predicted octanol–water partition coefficient (Wildman–Crippen LogP) is 1.75. The van der Waals surface area contributed by atoms with Crippen LogP contribution >= 0.6 is 0 Å². The first-order valence-electron chi connectivity index (χ1n) is 10.5. The number of anilines is 1. The molecule has 0 radical (unpaired) electrons. The minimum atomic E-state index is -2.70. The zero-order valence-corrected chi connectivity index (χ0v) is 19.2. The summed E-state index contributed by atoms with van der Waals surface area (Å²) in [7, 11) is 0. The molecule has 3 rings (SSSR count). The number of urea groups is 1. The van der Waals surface area contributed by atoms with E-state index in [1.807, 2.05) is 0 Å². The standard InChI is InChI=1S/C22H27FN4O7.Li.H/c1-12-9-15-11-26(21(32)27(15)34-17(23)19(29)30)16(12)18(28)25-14-7-5-13(6-8-14)10-24-20(31)33-22(2,3)4;;/h5-9,15-17H,10-11H2,1-4H3,(H,24,31)(H,25,28)(H,29,30);;/t15-,16+,17+;;/m1../s1. The second kappa shape index (κ2) is 11.1. The summed E-state index contributed by atoms with van der Waals surface area (Å²) in [6.45, 7) is 7.23. The number of hydroxylamine groups is 2. The molecular formula is C22H28FLiN4O7. The van der Waals surface area contributed by atoms with Gasteiger partial charge in [-0.2, -0.15) is 5.06 Å². The fourth-order valence-electron chi connectivity index (χ4n) is 3.62. The number of amides is 4. The Hall–Kier alpha value is -3.07. The summed E-state index contributed by atoms with van der Waals surface area (Å²) in [5.41, 5.74) is 1.18. The number of alkyl halides is 1. The van der Waals surface area contributed by atoms with Gasteiger partial charge in [0.05, 0.1) is 12.6 Å². The molecule has 2 aliphatic heterocycles.